The van der Waals surface area contributed by atoms with Crippen molar-refractivity contribution < 1.29 is 0 Å². The van der Waals surface area contributed by atoms with Gasteiger partial charge in [-0.05, 0) is 69.4 Å². The molecule has 0 spiro atoms. The number of piperidine rings is 1. The lowest BCUT2D eigenvalue weighted by molar-refractivity contribution is 0.112. The van der Waals surface area contributed by atoms with Crippen LogP contribution < -0.4 is 5.32 Å². The van der Waals surface area contributed by atoms with Crippen LogP contribution in [0.1, 0.15) is 59.3 Å². The number of nitrogens with zero attached hydrogens (tertiary/aromatic N) is 1. The molecule has 0 aromatic heterocycles. The average Bonchev–Trinajstić information content (AvgIpc) is 2.38. The molecule has 1 saturated carbocycles. The fourth-order valence-corrected chi connectivity index (χ4v) is 4.08. The fraction of sp³-hybridized carbons (Fsp3) is 1.00. The summed E-state index contributed by atoms with van der Waals surface area (Å²) in [4.78, 5) is 2.75. The Morgan fingerprint density at radius 1 is 1.11 bits per heavy atom. The maximum Gasteiger partial charge on any atom is 0.0108 e. The van der Waals surface area contributed by atoms with Crippen LogP contribution in [-0.4, -0.2) is 37.1 Å². The topological polar surface area (TPSA) is 15.3 Å². The summed E-state index contributed by atoms with van der Waals surface area (Å²) >= 11 is 0. The molecule has 0 aromatic rings. The molecule has 0 radical (unpaired) electrons. The smallest absolute Gasteiger partial charge is 0.0108 e. The molecule has 2 rings (SSSR count). The molecule has 112 valence electrons. The van der Waals surface area contributed by atoms with E-state index >= 15 is 0 Å². The van der Waals surface area contributed by atoms with Crippen LogP contribution in [0.15, 0.2) is 0 Å². The molecule has 1 aliphatic carbocycles. The van der Waals surface area contributed by atoms with Crippen molar-refractivity contribution in [1.82, 2.24) is 10.2 Å². The molecule has 2 aliphatic rings. The predicted octanol–water partition coefficient (Wildman–Crippen LogP) is 3.52. The maximum atomic E-state index is 3.82. The van der Waals surface area contributed by atoms with Crippen LogP contribution in [0.25, 0.3) is 0 Å². The first kappa shape index (κ1) is 15.3. The zero-order valence-corrected chi connectivity index (χ0v) is 13.3. The molecule has 1 saturated heterocycles. The molecule has 0 aromatic carbocycles. The van der Waals surface area contributed by atoms with Crippen LogP contribution in [0, 0.1) is 17.8 Å². The third-order valence-corrected chi connectivity index (χ3v) is 5.13. The highest BCUT2D eigenvalue weighted by Crippen LogP contribution is 2.30. The summed E-state index contributed by atoms with van der Waals surface area (Å²) in [6.45, 7) is 12.4. The van der Waals surface area contributed by atoms with Gasteiger partial charge in [0.15, 0.2) is 0 Å². The molecule has 0 amide bonds. The highest BCUT2D eigenvalue weighted by molar-refractivity contribution is 4.86. The number of hydrogen-bond acceptors (Lipinski definition) is 2. The SMILES string of the molecule is CCCNC1CCC(C)CC1CN1CCCC(C)C1. The molecule has 1 aliphatic heterocycles. The fourth-order valence-electron chi connectivity index (χ4n) is 4.08. The van der Waals surface area contributed by atoms with E-state index in [-0.39, 0.29) is 0 Å². The molecule has 2 fully saturated rings. The van der Waals surface area contributed by atoms with Gasteiger partial charge < -0.3 is 10.2 Å². The van der Waals surface area contributed by atoms with Gasteiger partial charge >= 0.3 is 0 Å². The minimum atomic E-state index is 0.786. The Kier molecular flexibility index (Phi) is 6.15. The summed E-state index contributed by atoms with van der Waals surface area (Å²) < 4.78 is 0. The van der Waals surface area contributed by atoms with Crippen LogP contribution in [0.3, 0.4) is 0 Å². The predicted molar refractivity (Wildman–Crippen MR) is 83.4 cm³/mol. The third-order valence-electron chi connectivity index (χ3n) is 5.13. The number of hydrogen-bond donors (Lipinski definition) is 1. The number of nitrogens with one attached hydrogen (secondary N) is 1. The summed E-state index contributed by atoms with van der Waals surface area (Å²) in [6, 6.07) is 0.786. The van der Waals surface area contributed by atoms with Crippen LogP contribution in [0.4, 0.5) is 0 Å². The summed E-state index contributed by atoms with van der Waals surface area (Å²) in [7, 11) is 0. The minimum absolute atomic E-state index is 0.786. The van der Waals surface area contributed by atoms with Gasteiger partial charge in [0, 0.05) is 19.1 Å². The van der Waals surface area contributed by atoms with Crippen molar-refractivity contribution in [3.05, 3.63) is 0 Å². The van der Waals surface area contributed by atoms with Crippen molar-refractivity contribution in [3.63, 3.8) is 0 Å². The molecule has 4 atom stereocenters. The zero-order chi connectivity index (χ0) is 13.7. The van der Waals surface area contributed by atoms with Gasteiger partial charge in [-0.2, -0.15) is 0 Å². The van der Waals surface area contributed by atoms with E-state index in [0.29, 0.717) is 0 Å². The molecule has 19 heavy (non-hydrogen) atoms. The van der Waals surface area contributed by atoms with E-state index in [1.807, 2.05) is 0 Å². The Hall–Kier alpha value is -0.0800. The standard InChI is InChI=1S/C17H34N2/c1-4-9-18-17-8-7-14(2)11-16(17)13-19-10-5-6-15(3)12-19/h14-18H,4-13H2,1-3H3. The monoisotopic (exact) mass is 266 g/mol. The molecular formula is C17H34N2. The molecule has 0 bridgehead atoms. The van der Waals surface area contributed by atoms with E-state index in [2.05, 4.69) is 31.0 Å². The Labute approximate surface area is 120 Å². The largest absolute Gasteiger partial charge is 0.314 e. The van der Waals surface area contributed by atoms with Crippen LogP contribution in [-0.2, 0) is 0 Å². The van der Waals surface area contributed by atoms with E-state index in [9.17, 15) is 0 Å². The normalized spacial score (nSPS) is 37.4. The van der Waals surface area contributed by atoms with Gasteiger partial charge in [0.25, 0.3) is 0 Å². The van der Waals surface area contributed by atoms with E-state index in [1.165, 1.54) is 64.7 Å². The van der Waals surface area contributed by atoms with E-state index in [1.54, 1.807) is 0 Å². The van der Waals surface area contributed by atoms with Gasteiger partial charge in [-0.25, -0.2) is 0 Å². The van der Waals surface area contributed by atoms with Crippen molar-refractivity contribution in [2.75, 3.05) is 26.2 Å². The van der Waals surface area contributed by atoms with Gasteiger partial charge in [0.1, 0.15) is 0 Å². The van der Waals surface area contributed by atoms with Crippen molar-refractivity contribution in [1.29, 1.82) is 0 Å². The first-order chi connectivity index (χ1) is 9.19. The third kappa shape index (κ3) is 4.75. The number of likely N-dealkylation sites (tertiary alicyclic amines) is 1. The first-order valence-electron chi connectivity index (χ1n) is 8.64. The van der Waals surface area contributed by atoms with Crippen molar-refractivity contribution in [2.45, 2.75) is 65.3 Å². The molecule has 1 heterocycles. The Balaban J connectivity index is 1.85. The Morgan fingerprint density at radius 2 is 1.95 bits per heavy atom. The second-order valence-electron chi connectivity index (χ2n) is 7.25. The molecule has 1 N–H and O–H groups in total. The molecule has 2 nitrogen and oxygen atoms in total. The maximum absolute atomic E-state index is 3.82. The van der Waals surface area contributed by atoms with Gasteiger partial charge in [0.05, 0.1) is 0 Å². The number of rotatable bonds is 5. The Bertz CT molecular complexity index is 252. The van der Waals surface area contributed by atoms with Gasteiger partial charge in [0.2, 0.25) is 0 Å². The van der Waals surface area contributed by atoms with Gasteiger partial charge in [-0.3, -0.25) is 0 Å². The minimum Gasteiger partial charge on any atom is -0.314 e. The van der Waals surface area contributed by atoms with Gasteiger partial charge in [-0.1, -0.05) is 20.8 Å². The summed E-state index contributed by atoms with van der Waals surface area (Å²) in [5, 5.41) is 3.82. The van der Waals surface area contributed by atoms with E-state index in [4.69, 9.17) is 0 Å². The zero-order valence-electron chi connectivity index (χ0n) is 13.3. The van der Waals surface area contributed by atoms with E-state index in [0.717, 1.165) is 23.8 Å². The lowest BCUT2D eigenvalue weighted by atomic mass is 9.78. The van der Waals surface area contributed by atoms with Crippen molar-refractivity contribution in [3.8, 4) is 0 Å². The molecular weight excluding hydrogens is 232 g/mol. The highest BCUT2D eigenvalue weighted by Gasteiger charge is 2.30. The van der Waals surface area contributed by atoms with Crippen molar-refractivity contribution >= 4 is 0 Å². The molecule has 2 heteroatoms. The van der Waals surface area contributed by atoms with Gasteiger partial charge in [-0.15, -0.1) is 0 Å². The quantitative estimate of drug-likeness (QED) is 0.819. The van der Waals surface area contributed by atoms with Crippen LogP contribution in [0.5, 0.6) is 0 Å². The van der Waals surface area contributed by atoms with Crippen molar-refractivity contribution in [2.24, 2.45) is 17.8 Å². The second-order valence-corrected chi connectivity index (χ2v) is 7.25. The lowest BCUT2D eigenvalue weighted by Gasteiger charge is -2.40. The summed E-state index contributed by atoms with van der Waals surface area (Å²) in [5.74, 6) is 2.74. The molecule has 4 unspecified atom stereocenters. The first-order valence-corrected chi connectivity index (χ1v) is 8.64. The Morgan fingerprint density at radius 3 is 2.68 bits per heavy atom. The van der Waals surface area contributed by atoms with E-state index < -0.39 is 0 Å². The summed E-state index contributed by atoms with van der Waals surface area (Å²) in [5.41, 5.74) is 0. The second kappa shape index (κ2) is 7.64. The van der Waals surface area contributed by atoms with Crippen LogP contribution in [0.2, 0.25) is 0 Å². The average molecular weight is 266 g/mol. The lowest BCUT2D eigenvalue weighted by Crippen LogP contribution is -2.47. The van der Waals surface area contributed by atoms with Crippen LogP contribution >= 0.6 is 0 Å². The highest BCUT2D eigenvalue weighted by atomic mass is 15.1. The summed E-state index contributed by atoms with van der Waals surface area (Å²) in [6.07, 6.45) is 8.38.